The number of hydrogen-bond acceptors (Lipinski definition) is 8. The van der Waals surface area contributed by atoms with Gasteiger partial charge in [-0.05, 0) is 36.2 Å². The van der Waals surface area contributed by atoms with Crippen LogP contribution in [0.1, 0.15) is 11.1 Å². The van der Waals surface area contributed by atoms with Gasteiger partial charge in [-0.15, -0.1) is 0 Å². The molecular weight excluding hydrogens is 462 g/mol. The van der Waals surface area contributed by atoms with Gasteiger partial charge in [-0.1, -0.05) is 12.1 Å². The third-order valence-corrected chi connectivity index (χ3v) is 6.28. The lowest BCUT2D eigenvalue weighted by atomic mass is 10.1. The van der Waals surface area contributed by atoms with Crippen molar-refractivity contribution in [2.45, 2.75) is 13.5 Å². The van der Waals surface area contributed by atoms with E-state index >= 15 is 0 Å². The smallest absolute Gasteiger partial charge is 0.321 e. The van der Waals surface area contributed by atoms with Crippen molar-refractivity contribution < 1.29 is 23.4 Å². The van der Waals surface area contributed by atoms with Crippen molar-refractivity contribution in [2.24, 2.45) is 0 Å². The van der Waals surface area contributed by atoms with Gasteiger partial charge in [0.15, 0.2) is 5.76 Å². The highest BCUT2D eigenvalue weighted by Gasteiger charge is 2.23. The van der Waals surface area contributed by atoms with Crippen LogP contribution < -0.4 is 20.3 Å². The highest BCUT2D eigenvalue weighted by atomic mass is 16.5. The average Bonchev–Trinajstić information content (AvgIpc) is 3.55. The number of ether oxygens (including phenoxy) is 3. The first kappa shape index (κ1) is 24.1. The summed E-state index contributed by atoms with van der Waals surface area (Å²) < 4.78 is 22.8. The second-order valence-electron chi connectivity index (χ2n) is 8.82. The van der Waals surface area contributed by atoms with E-state index in [4.69, 9.17) is 18.6 Å². The van der Waals surface area contributed by atoms with Crippen LogP contribution in [0.15, 0.2) is 47.0 Å². The summed E-state index contributed by atoms with van der Waals surface area (Å²) in [6, 6.07) is 12.0. The largest absolute Gasteiger partial charge is 0.497 e. The van der Waals surface area contributed by atoms with E-state index in [9.17, 15) is 4.79 Å². The Labute approximate surface area is 210 Å². The zero-order valence-corrected chi connectivity index (χ0v) is 20.6. The Morgan fingerprint density at radius 3 is 2.78 bits per heavy atom. The second-order valence-corrected chi connectivity index (χ2v) is 8.82. The van der Waals surface area contributed by atoms with Gasteiger partial charge in [-0.3, -0.25) is 9.80 Å². The number of hydrogen-bond donors (Lipinski definition) is 2. The molecule has 3 heterocycles. The summed E-state index contributed by atoms with van der Waals surface area (Å²) in [5.74, 6) is 1.20. The maximum atomic E-state index is 12.1. The van der Waals surface area contributed by atoms with Gasteiger partial charge in [0.25, 0.3) is 6.01 Å². The Balaban J connectivity index is 1.28. The van der Waals surface area contributed by atoms with Crippen LogP contribution in [0.25, 0.3) is 11.3 Å². The lowest BCUT2D eigenvalue weighted by molar-refractivity contribution is -0.0378. The van der Waals surface area contributed by atoms with Gasteiger partial charge in [-0.2, -0.15) is 0 Å². The number of nitrogens with one attached hydrogen (secondary N) is 2. The number of morpholine rings is 1. The minimum absolute atomic E-state index is 0.126. The van der Waals surface area contributed by atoms with Gasteiger partial charge >= 0.3 is 6.03 Å². The van der Waals surface area contributed by atoms with E-state index in [-0.39, 0.29) is 6.03 Å². The minimum atomic E-state index is -0.126. The molecule has 2 aromatic carbocycles. The van der Waals surface area contributed by atoms with Gasteiger partial charge in [0.1, 0.15) is 5.75 Å². The number of nitrogens with zero attached hydrogens (tertiary/aromatic N) is 3. The van der Waals surface area contributed by atoms with E-state index in [0.29, 0.717) is 44.0 Å². The van der Waals surface area contributed by atoms with Gasteiger partial charge in [0, 0.05) is 49.2 Å². The molecule has 190 valence electrons. The highest BCUT2D eigenvalue weighted by molar-refractivity contribution is 5.95. The van der Waals surface area contributed by atoms with Gasteiger partial charge in [0.2, 0.25) is 0 Å². The molecule has 10 nitrogen and oxygen atoms in total. The molecule has 2 N–H and O–H groups in total. The second kappa shape index (κ2) is 11.0. The molecule has 0 radical (unpaired) electrons. The van der Waals surface area contributed by atoms with Crippen LogP contribution in [0.2, 0.25) is 0 Å². The van der Waals surface area contributed by atoms with Crippen LogP contribution >= 0.6 is 0 Å². The maximum Gasteiger partial charge on any atom is 0.321 e. The number of carbonyl (C=O) groups is 1. The summed E-state index contributed by atoms with van der Waals surface area (Å²) in [7, 11) is 1.60. The lowest BCUT2D eigenvalue weighted by Crippen LogP contribution is -2.37. The Morgan fingerprint density at radius 1 is 1.14 bits per heavy atom. The first-order valence-corrected chi connectivity index (χ1v) is 12.0. The molecule has 2 amide bonds. The number of methoxy groups -OCH3 is 1. The van der Waals surface area contributed by atoms with Crippen LogP contribution in [0.4, 0.5) is 22.2 Å². The summed E-state index contributed by atoms with van der Waals surface area (Å²) in [6.07, 6.45) is 1.66. The summed E-state index contributed by atoms with van der Waals surface area (Å²) in [4.78, 5) is 20.5. The van der Waals surface area contributed by atoms with Crippen LogP contribution in [0.5, 0.6) is 5.75 Å². The Hall–Kier alpha value is -3.60. The van der Waals surface area contributed by atoms with Crippen LogP contribution in [0, 0.1) is 6.92 Å². The lowest BCUT2D eigenvalue weighted by Gasteiger charge is -2.26. The third-order valence-electron chi connectivity index (χ3n) is 6.28. The fourth-order valence-electron chi connectivity index (χ4n) is 4.21. The fraction of sp³-hybridized carbons (Fsp3) is 0.385. The molecule has 3 aromatic rings. The topological polar surface area (TPSA) is 101 Å². The Bertz CT molecular complexity index is 1210. The normalized spacial score (nSPS) is 16.3. The quantitative estimate of drug-likeness (QED) is 0.465. The maximum absolute atomic E-state index is 12.1. The molecule has 1 aromatic heterocycles. The predicted octanol–water partition coefficient (Wildman–Crippen LogP) is 3.74. The van der Waals surface area contributed by atoms with E-state index in [1.54, 1.807) is 18.2 Å². The molecule has 5 rings (SSSR count). The number of rotatable bonds is 9. The zero-order chi connectivity index (χ0) is 24.9. The number of aromatic nitrogens is 1. The molecule has 2 aliphatic heterocycles. The number of carbonyl (C=O) groups excluding carboxylic acids is 1. The highest BCUT2D eigenvalue weighted by Crippen LogP contribution is 2.33. The molecule has 2 saturated heterocycles. The SMILES string of the molecule is COc1cc(-c2cnc(Nc3cc(COCN4CCOCC4)ccc3C)o2)cc(N2CCNC2=O)c1. The summed E-state index contributed by atoms with van der Waals surface area (Å²) in [6.45, 7) is 7.64. The molecule has 0 unspecified atom stereocenters. The third kappa shape index (κ3) is 5.62. The average molecular weight is 494 g/mol. The number of benzene rings is 2. The molecule has 0 saturated carbocycles. The summed E-state index contributed by atoms with van der Waals surface area (Å²) in [5, 5.41) is 6.10. The van der Waals surface area contributed by atoms with Crippen LogP contribution in [-0.2, 0) is 16.1 Å². The number of aryl methyl sites for hydroxylation is 1. The van der Waals surface area contributed by atoms with Crippen LogP contribution in [-0.4, -0.2) is 69.1 Å². The number of oxazole rings is 1. The van der Waals surface area contributed by atoms with Crippen molar-refractivity contribution in [3.8, 4) is 17.1 Å². The van der Waals surface area contributed by atoms with Crippen molar-refractivity contribution in [3.05, 3.63) is 53.7 Å². The van der Waals surface area contributed by atoms with Gasteiger partial charge < -0.3 is 29.3 Å². The number of urea groups is 1. The summed E-state index contributed by atoms with van der Waals surface area (Å²) >= 11 is 0. The van der Waals surface area contributed by atoms with Gasteiger partial charge in [0.05, 0.1) is 39.9 Å². The van der Waals surface area contributed by atoms with Crippen molar-refractivity contribution in [3.63, 3.8) is 0 Å². The van der Waals surface area contributed by atoms with E-state index < -0.39 is 0 Å². The number of anilines is 3. The molecular formula is C26H31N5O5. The molecule has 0 atom stereocenters. The molecule has 36 heavy (non-hydrogen) atoms. The van der Waals surface area contributed by atoms with Crippen molar-refractivity contribution in [2.75, 3.05) is 63.5 Å². The Morgan fingerprint density at radius 2 is 2.00 bits per heavy atom. The standard InChI is InChI=1S/C26H31N5O5/c1-18-3-4-19(16-35-17-30-7-9-34-10-8-30)11-23(18)29-25-28-15-24(36-25)20-12-21(14-22(13-20)33-2)31-6-5-27-26(31)32/h3-4,11-15H,5-10,16-17H2,1-2H3,(H,27,32)(H,28,29). The fourth-order valence-corrected chi connectivity index (χ4v) is 4.21. The van der Waals surface area contributed by atoms with E-state index in [1.165, 1.54) is 0 Å². The van der Waals surface area contributed by atoms with Gasteiger partial charge in [-0.25, -0.2) is 9.78 Å². The van der Waals surface area contributed by atoms with Crippen molar-refractivity contribution in [1.29, 1.82) is 0 Å². The monoisotopic (exact) mass is 493 g/mol. The zero-order valence-electron chi connectivity index (χ0n) is 20.6. The predicted molar refractivity (Wildman–Crippen MR) is 136 cm³/mol. The summed E-state index contributed by atoms with van der Waals surface area (Å²) in [5.41, 5.74) is 4.54. The van der Waals surface area contributed by atoms with Crippen molar-refractivity contribution >= 4 is 23.4 Å². The molecule has 10 heteroatoms. The Kier molecular flexibility index (Phi) is 7.36. The minimum Gasteiger partial charge on any atom is -0.497 e. The van der Waals surface area contributed by atoms with E-state index in [2.05, 4.69) is 32.7 Å². The molecule has 0 spiro atoms. The first-order chi connectivity index (χ1) is 17.6. The molecule has 2 fully saturated rings. The van der Waals surface area contributed by atoms with Crippen molar-refractivity contribution in [1.82, 2.24) is 15.2 Å². The molecule has 0 aliphatic carbocycles. The number of amides is 2. The van der Waals surface area contributed by atoms with E-state index in [1.807, 2.05) is 31.2 Å². The molecule has 2 aliphatic rings. The molecule has 0 bridgehead atoms. The first-order valence-electron chi connectivity index (χ1n) is 12.0. The van der Waals surface area contributed by atoms with E-state index in [0.717, 1.165) is 54.4 Å². The van der Waals surface area contributed by atoms with Crippen LogP contribution in [0.3, 0.4) is 0 Å².